The standard InChI is InChI=1S/C14H21NO3/c1-4-18-12-7-10(8-12)15-13-6-5-11(16-2)9-14(13)17-3/h5-6,9-10,12,15H,4,7-8H2,1-3H3. The fourth-order valence-electron chi connectivity index (χ4n) is 2.19. The summed E-state index contributed by atoms with van der Waals surface area (Å²) in [5.41, 5.74) is 1.01. The van der Waals surface area contributed by atoms with Crippen LogP contribution >= 0.6 is 0 Å². The zero-order valence-corrected chi connectivity index (χ0v) is 11.2. The number of benzene rings is 1. The largest absolute Gasteiger partial charge is 0.497 e. The first-order valence-electron chi connectivity index (χ1n) is 6.37. The summed E-state index contributed by atoms with van der Waals surface area (Å²) < 4.78 is 16.1. The van der Waals surface area contributed by atoms with Crippen molar-refractivity contribution in [2.24, 2.45) is 0 Å². The topological polar surface area (TPSA) is 39.7 Å². The lowest BCUT2D eigenvalue weighted by molar-refractivity contribution is 0.00295. The minimum absolute atomic E-state index is 0.414. The van der Waals surface area contributed by atoms with Gasteiger partial charge in [-0.3, -0.25) is 0 Å². The maximum Gasteiger partial charge on any atom is 0.145 e. The third-order valence-electron chi connectivity index (χ3n) is 3.27. The molecule has 0 aromatic heterocycles. The van der Waals surface area contributed by atoms with Crippen LogP contribution in [-0.4, -0.2) is 33.0 Å². The third kappa shape index (κ3) is 2.88. The molecule has 4 heteroatoms. The van der Waals surface area contributed by atoms with Crippen LogP contribution in [0.1, 0.15) is 19.8 Å². The summed E-state index contributed by atoms with van der Waals surface area (Å²) in [5.74, 6) is 1.62. The Labute approximate surface area is 108 Å². The first-order valence-corrected chi connectivity index (χ1v) is 6.37. The highest BCUT2D eigenvalue weighted by Crippen LogP contribution is 2.33. The van der Waals surface area contributed by atoms with Gasteiger partial charge in [0.2, 0.25) is 0 Å². The van der Waals surface area contributed by atoms with Crippen molar-refractivity contribution in [2.75, 3.05) is 26.1 Å². The monoisotopic (exact) mass is 251 g/mol. The molecule has 1 N–H and O–H groups in total. The van der Waals surface area contributed by atoms with Crippen molar-refractivity contribution >= 4 is 5.69 Å². The maximum atomic E-state index is 5.55. The van der Waals surface area contributed by atoms with Crippen LogP contribution in [0.25, 0.3) is 0 Å². The molecule has 1 aromatic rings. The van der Waals surface area contributed by atoms with E-state index in [4.69, 9.17) is 14.2 Å². The van der Waals surface area contributed by atoms with E-state index in [0.29, 0.717) is 12.1 Å². The lowest BCUT2D eigenvalue weighted by Crippen LogP contribution is -2.40. The molecule has 1 aromatic carbocycles. The summed E-state index contributed by atoms with van der Waals surface area (Å²) >= 11 is 0. The van der Waals surface area contributed by atoms with Gasteiger partial charge in [0.1, 0.15) is 11.5 Å². The fraction of sp³-hybridized carbons (Fsp3) is 0.571. The number of hydrogen-bond donors (Lipinski definition) is 1. The van der Waals surface area contributed by atoms with Crippen molar-refractivity contribution < 1.29 is 14.2 Å². The van der Waals surface area contributed by atoms with Crippen LogP contribution in [0.4, 0.5) is 5.69 Å². The normalized spacial score (nSPS) is 22.2. The SMILES string of the molecule is CCOC1CC(Nc2ccc(OC)cc2OC)C1. The smallest absolute Gasteiger partial charge is 0.145 e. The van der Waals surface area contributed by atoms with Crippen LogP contribution in [0.2, 0.25) is 0 Å². The number of rotatable bonds is 6. The molecule has 1 aliphatic rings. The summed E-state index contributed by atoms with van der Waals surface area (Å²) in [4.78, 5) is 0. The molecule has 0 atom stereocenters. The summed E-state index contributed by atoms with van der Waals surface area (Å²) in [6, 6.07) is 6.29. The van der Waals surface area contributed by atoms with E-state index in [2.05, 4.69) is 5.32 Å². The van der Waals surface area contributed by atoms with Crippen molar-refractivity contribution in [3.63, 3.8) is 0 Å². The Kier molecular flexibility index (Phi) is 4.31. The molecule has 1 fully saturated rings. The van der Waals surface area contributed by atoms with E-state index >= 15 is 0 Å². The van der Waals surface area contributed by atoms with Crippen molar-refractivity contribution in [3.8, 4) is 11.5 Å². The van der Waals surface area contributed by atoms with Crippen LogP contribution in [0.3, 0.4) is 0 Å². The lowest BCUT2D eigenvalue weighted by atomic mass is 9.89. The molecule has 0 amide bonds. The highest BCUT2D eigenvalue weighted by atomic mass is 16.5. The minimum Gasteiger partial charge on any atom is -0.497 e. The molecule has 0 heterocycles. The molecular weight excluding hydrogens is 230 g/mol. The van der Waals surface area contributed by atoms with Gasteiger partial charge >= 0.3 is 0 Å². The van der Waals surface area contributed by atoms with Crippen molar-refractivity contribution in [2.45, 2.75) is 31.9 Å². The van der Waals surface area contributed by atoms with Gasteiger partial charge in [-0.05, 0) is 31.9 Å². The van der Waals surface area contributed by atoms with E-state index in [-0.39, 0.29) is 0 Å². The maximum absolute atomic E-state index is 5.55. The summed E-state index contributed by atoms with van der Waals surface area (Å²) in [5, 5.41) is 3.48. The first kappa shape index (κ1) is 13.0. The Morgan fingerprint density at radius 3 is 2.61 bits per heavy atom. The molecular formula is C14H21NO3. The zero-order valence-electron chi connectivity index (χ0n) is 11.2. The molecule has 0 saturated heterocycles. The molecule has 1 aliphatic carbocycles. The van der Waals surface area contributed by atoms with Gasteiger partial charge in [-0.1, -0.05) is 0 Å². The van der Waals surface area contributed by atoms with E-state index in [9.17, 15) is 0 Å². The molecule has 1 saturated carbocycles. The van der Waals surface area contributed by atoms with Gasteiger partial charge in [0.15, 0.2) is 0 Å². The van der Waals surface area contributed by atoms with Gasteiger partial charge in [0, 0.05) is 18.7 Å². The molecule has 0 bridgehead atoms. The second-order valence-electron chi connectivity index (χ2n) is 4.46. The predicted molar refractivity (Wildman–Crippen MR) is 71.6 cm³/mol. The molecule has 2 rings (SSSR count). The molecule has 18 heavy (non-hydrogen) atoms. The van der Waals surface area contributed by atoms with Crippen molar-refractivity contribution in [1.29, 1.82) is 0 Å². The summed E-state index contributed by atoms with van der Waals surface area (Å²) in [6.07, 6.45) is 2.53. The zero-order chi connectivity index (χ0) is 13.0. The van der Waals surface area contributed by atoms with E-state index in [1.54, 1.807) is 14.2 Å². The summed E-state index contributed by atoms with van der Waals surface area (Å²) in [6.45, 7) is 2.83. The third-order valence-corrected chi connectivity index (χ3v) is 3.27. The number of ether oxygens (including phenoxy) is 3. The average Bonchev–Trinajstić information content (AvgIpc) is 2.36. The van der Waals surface area contributed by atoms with Gasteiger partial charge in [0.25, 0.3) is 0 Å². The fourth-order valence-corrected chi connectivity index (χ4v) is 2.19. The van der Waals surface area contributed by atoms with E-state index < -0.39 is 0 Å². The van der Waals surface area contributed by atoms with E-state index in [0.717, 1.165) is 36.6 Å². The van der Waals surface area contributed by atoms with Gasteiger partial charge in [-0.2, -0.15) is 0 Å². The number of nitrogens with one attached hydrogen (secondary N) is 1. The van der Waals surface area contributed by atoms with Gasteiger partial charge in [-0.25, -0.2) is 0 Å². The van der Waals surface area contributed by atoms with E-state index in [1.807, 2.05) is 25.1 Å². The predicted octanol–water partition coefficient (Wildman–Crippen LogP) is 2.68. The Morgan fingerprint density at radius 2 is 2.00 bits per heavy atom. The van der Waals surface area contributed by atoms with E-state index in [1.165, 1.54) is 0 Å². The highest BCUT2D eigenvalue weighted by molar-refractivity contribution is 5.59. The molecule has 4 nitrogen and oxygen atoms in total. The number of hydrogen-bond acceptors (Lipinski definition) is 4. The Balaban J connectivity index is 1.93. The highest BCUT2D eigenvalue weighted by Gasteiger charge is 2.29. The molecule has 100 valence electrons. The van der Waals surface area contributed by atoms with Gasteiger partial charge in [0.05, 0.1) is 26.0 Å². The minimum atomic E-state index is 0.414. The Morgan fingerprint density at radius 1 is 1.22 bits per heavy atom. The number of methoxy groups -OCH3 is 2. The summed E-state index contributed by atoms with van der Waals surface area (Å²) in [7, 11) is 3.32. The van der Waals surface area contributed by atoms with Crippen LogP contribution in [0, 0.1) is 0 Å². The van der Waals surface area contributed by atoms with Crippen LogP contribution in [-0.2, 0) is 4.74 Å². The average molecular weight is 251 g/mol. The Bertz CT molecular complexity index is 389. The lowest BCUT2D eigenvalue weighted by Gasteiger charge is -2.36. The first-order chi connectivity index (χ1) is 8.76. The second kappa shape index (κ2) is 5.96. The van der Waals surface area contributed by atoms with Crippen LogP contribution in [0.5, 0.6) is 11.5 Å². The van der Waals surface area contributed by atoms with Gasteiger partial charge < -0.3 is 19.5 Å². The second-order valence-corrected chi connectivity index (χ2v) is 4.46. The molecule has 0 unspecified atom stereocenters. The van der Waals surface area contributed by atoms with Crippen LogP contribution in [0.15, 0.2) is 18.2 Å². The molecule has 0 radical (unpaired) electrons. The van der Waals surface area contributed by atoms with Crippen LogP contribution < -0.4 is 14.8 Å². The van der Waals surface area contributed by atoms with Gasteiger partial charge in [-0.15, -0.1) is 0 Å². The Hall–Kier alpha value is -1.42. The quantitative estimate of drug-likeness (QED) is 0.843. The van der Waals surface area contributed by atoms with Crippen molar-refractivity contribution in [3.05, 3.63) is 18.2 Å². The molecule has 0 aliphatic heterocycles. The molecule has 0 spiro atoms. The number of anilines is 1. The van der Waals surface area contributed by atoms with Crippen molar-refractivity contribution in [1.82, 2.24) is 0 Å².